The molecule has 0 aromatic heterocycles. The number of amides is 2. The first-order valence-electron chi connectivity index (χ1n) is 12.5. The van der Waals surface area contributed by atoms with E-state index in [0.29, 0.717) is 17.9 Å². The van der Waals surface area contributed by atoms with Crippen molar-refractivity contribution in [3.63, 3.8) is 0 Å². The van der Waals surface area contributed by atoms with E-state index in [9.17, 15) is 18.0 Å². The smallest absolute Gasteiger partial charge is 0.243 e. The second kappa shape index (κ2) is 14.2. The molecule has 2 atom stereocenters. The lowest BCUT2D eigenvalue weighted by molar-refractivity contribution is -0.141. The zero-order valence-electron chi connectivity index (χ0n) is 22.2. The molecular weight excluding hydrogens is 514 g/mol. The van der Waals surface area contributed by atoms with Gasteiger partial charge in [0.1, 0.15) is 11.8 Å². The molecule has 2 aromatic carbocycles. The van der Waals surface area contributed by atoms with E-state index in [1.165, 1.54) is 17.5 Å². The van der Waals surface area contributed by atoms with Crippen LogP contribution in [0.15, 0.2) is 48.5 Å². The minimum Gasteiger partial charge on any atom is -0.495 e. The van der Waals surface area contributed by atoms with Crippen molar-refractivity contribution in [1.29, 1.82) is 0 Å². The van der Waals surface area contributed by atoms with Crippen LogP contribution >= 0.6 is 11.6 Å². The number of benzene rings is 2. The number of carbonyl (C=O) groups is 2. The summed E-state index contributed by atoms with van der Waals surface area (Å²) in [4.78, 5) is 28.1. The number of halogens is 1. The van der Waals surface area contributed by atoms with Crippen LogP contribution in [0.1, 0.15) is 52.0 Å². The van der Waals surface area contributed by atoms with Crippen molar-refractivity contribution in [2.75, 3.05) is 24.2 Å². The summed E-state index contributed by atoms with van der Waals surface area (Å²) in [6, 6.07) is 13.6. The molecule has 0 bridgehead atoms. The fourth-order valence-corrected chi connectivity index (χ4v) is 5.16. The third kappa shape index (κ3) is 8.93. The van der Waals surface area contributed by atoms with E-state index in [4.69, 9.17) is 16.3 Å². The number of nitrogens with zero attached hydrogens (tertiary/aromatic N) is 2. The van der Waals surface area contributed by atoms with Crippen LogP contribution in [0.5, 0.6) is 5.75 Å². The molecule has 0 fully saturated rings. The van der Waals surface area contributed by atoms with Gasteiger partial charge in [0.15, 0.2) is 0 Å². The zero-order chi connectivity index (χ0) is 27.6. The van der Waals surface area contributed by atoms with E-state index in [2.05, 4.69) is 5.32 Å². The summed E-state index contributed by atoms with van der Waals surface area (Å²) in [5, 5.41) is 3.28. The van der Waals surface area contributed by atoms with Gasteiger partial charge in [-0.05, 0) is 49.9 Å². The topological polar surface area (TPSA) is 96.0 Å². The minimum atomic E-state index is -3.63. The molecule has 2 aromatic rings. The fraction of sp³-hybridized carbons (Fsp3) is 0.481. The first-order chi connectivity index (χ1) is 17.5. The maximum atomic E-state index is 13.5. The molecule has 0 radical (unpaired) electrons. The van der Waals surface area contributed by atoms with Gasteiger partial charge in [-0.25, -0.2) is 8.42 Å². The molecule has 1 N–H and O–H groups in total. The van der Waals surface area contributed by atoms with E-state index < -0.39 is 16.1 Å². The Balaban J connectivity index is 2.21. The summed E-state index contributed by atoms with van der Waals surface area (Å²) in [6.07, 6.45) is 2.70. The standard InChI is InChI=1S/C27H38ClN3O5S/c1-6-20(3)29-27(33)24(7-2)30(19-21-12-9-8-10-13-21)26(32)14-11-17-31(37(5,34)35)22-15-16-25(36-4)23(28)18-22/h8-10,12-13,15-16,18,20,24H,6-7,11,14,17,19H2,1-5H3,(H,29,33)/t20-,24-/m1/s1. The quantitative estimate of drug-likeness (QED) is 0.370. The van der Waals surface area contributed by atoms with Gasteiger partial charge in [-0.1, -0.05) is 55.8 Å². The van der Waals surface area contributed by atoms with Crippen molar-refractivity contribution < 1.29 is 22.7 Å². The molecule has 0 aliphatic rings. The average Bonchev–Trinajstić information content (AvgIpc) is 2.86. The van der Waals surface area contributed by atoms with Gasteiger partial charge < -0.3 is 15.0 Å². The van der Waals surface area contributed by atoms with Gasteiger partial charge in [0, 0.05) is 25.6 Å². The number of anilines is 1. The summed E-state index contributed by atoms with van der Waals surface area (Å²) in [6.45, 7) is 6.17. The molecule has 37 heavy (non-hydrogen) atoms. The maximum Gasteiger partial charge on any atom is 0.243 e. The fourth-order valence-electron chi connectivity index (χ4n) is 3.96. The van der Waals surface area contributed by atoms with Gasteiger partial charge in [0.25, 0.3) is 0 Å². The predicted octanol–water partition coefficient (Wildman–Crippen LogP) is 4.62. The maximum absolute atomic E-state index is 13.5. The number of sulfonamides is 1. The number of ether oxygens (including phenoxy) is 1. The molecule has 0 unspecified atom stereocenters. The molecule has 0 aliphatic carbocycles. The first kappa shape index (κ1) is 30.4. The van der Waals surface area contributed by atoms with Gasteiger partial charge in [0.2, 0.25) is 21.8 Å². The summed E-state index contributed by atoms with van der Waals surface area (Å²) < 4.78 is 31.4. The molecule has 0 saturated heterocycles. The van der Waals surface area contributed by atoms with E-state index in [1.807, 2.05) is 51.1 Å². The Kier molecular flexibility index (Phi) is 11.7. The van der Waals surface area contributed by atoms with Gasteiger partial charge in [-0.15, -0.1) is 0 Å². The van der Waals surface area contributed by atoms with Gasteiger partial charge in [-0.3, -0.25) is 13.9 Å². The van der Waals surface area contributed by atoms with Gasteiger partial charge in [-0.2, -0.15) is 0 Å². The highest BCUT2D eigenvalue weighted by Gasteiger charge is 2.29. The molecule has 2 amide bonds. The molecule has 2 rings (SSSR count). The third-order valence-electron chi connectivity index (χ3n) is 6.16. The zero-order valence-corrected chi connectivity index (χ0v) is 23.8. The van der Waals surface area contributed by atoms with Gasteiger partial charge in [0.05, 0.1) is 24.1 Å². The van der Waals surface area contributed by atoms with Crippen LogP contribution in [0.4, 0.5) is 5.69 Å². The molecule has 0 aliphatic heterocycles. The molecule has 204 valence electrons. The molecule has 0 saturated carbocycles. The average molecular weight is 552 g/mol. The van der Waals surface area contributed by atoms with Crippen molar-refractivity contribution in [3.8, 4) is 5.75 Å². The molecule has 8 nitrogen and oxygen atoms in total. The second-order valence-corrected chi connectivity index (χ2v) is 11.3. The lowest BCUT2D eigenvalue weighted by atomic mass is 10.1. The number of carbonyl (C=O) groups excluding carboxylic acids is 2. The van der Waals surface area contributed by atoms with E-state index in [-0.39, 0.29) is 48.8 Å². The lowest BCUT2D eigenvalue weighted by Crippen LogP contribution is -2.50. The number of rotatable bonds is 14. The number of nitrogens with one attached hydrogen (secondary N) is 1. The lowest BCUT2D eigenvalue weighted by Gasteiger charge is -2.32. The molecule has 0 spiro atoms. The highest BCUT2D eigenvalue weighted by Crippen LogP contribution is 2.30. The summed E-state index contributed by atoms with van der Waals surface area (Å²) >= 11 is 6.21. The normalized spacial score (nSPS) is 12.9. The van der Waals surface area contributed by atoms with E-state index in [0.717, 1.165) is 18.2 Å². The third-order valence-corrected chi connectivity index (χ3v) is 7.65. The first-order valence-corrected chi connectivity index (χ1v) is 14.7. The Morgan fingerprint density at radius 1 is 1.08 bits per heavy atom. The predicted molar refractivity (Wildman–Crippen MR) is 148 cm³/mol. The van der Waals surface area contributed by atoms with Crippen LogP contribution in [0.2, 0.25) is 5.02 Å². The Labute approximate surface area is 226 Å². The van der Waals surface area contributed by atoms with Crippen LogP contribution in [0.3, 0.4) is 0 Å². The number of methoxy groups -OCH3 is 1. The Bertz CT molecular complexity index is 1140. The van der Waals surface area contributed by atoms with Crippen LogP contribution in [-0.2, 0) is 26.2 Å². The van der Waals surface area contributed by atoms with Gasteiger partial charge >= 0.3 is 0 Å². The van der Waals surface area contributed by atoms with E-state index in [1.54, 1.807) is 17.0 Å². The van der Waals surface area contributed by atoms with Crippen LogP contribution in [-0.4, -0.2) is 57.1 Å². The highest BCUT2D eigenvalue weighted by atomic mass is 35.5. The minimum absolute atomic E-state index is 0.00475. The SMILES string of the molecule is CC[C@@H](C)NC(=O)[C@@H](CC)N(Cc1ccccc1)C(=O)CCCN(c1ccc(OC)c(Cl)c1)S(C)(=O)=O. The largest absolute Gasteiger partial charge is 0.495 e. The second-order valence-electron chi connectivity index (χ2n) is 9.01. The molecule has 10 heteroatoms. The van der Waals surface area contributed by atoms with Crippen molar-refractivity contribution in [3.05, 3.63) is 59.1 Å². The monoisotopic (exact) mass is 551 g/mol. The summed E-state index contributed by atoms with van der Waals surface area (Å²) in [7, 11) is -2.15. The van der Waals surface area contributed by atoms with Crippen LogP contribution in [0, 0.1) is 0 Å². The Morgan fingerprint density at radius 2 is 1.76 bits per heavy atom. The summed E-state index contributed by atoms with van der Waals surface area (Å²) in [5.74, 6) is 0.0369. The van der Waals surface area contributed by atoms with Crippen molar-refractivity contribution in [2.45, 2.75) is 65.1 Å². The molecule has 0 heterocycles. The van der Waals surface area contributed by atoms with Crippen LogP contribution in [0.25, 0.3) is 0 Å². The van der Waals surface area contributed by atoms with Crippen LogP contribution < -0.4 is 14.4 Å². The number of hydrogen-bond donors (Lipinski definition) is 1. The Hall–Kier alpha value is -2.78. The van der Waals surface area contributed by atoms with Crippen molar-refractivity contribution in [2.24, 2.45) is 0 Å². The highest BCUT2D eigenvalue weighted by molar-refractivity contribution is 7.92. The summed E-state index contributed by atoms with van der Waals surface area (Å²) in [5.41, 5.74) is 1.30. The van der Waals surface area contributed by atoms with E-state index >= 15 is 0 Å². The number of hydrogen-bond acceptors (Lipinski definition) is 5. The molecular formula is C27H38ClN3O5S. The Morgan fingerprint density at radius 3 is 2.30 bits per heavy atom. The van der Waals surface area contributed by atoms with Crippen molar-refractivity contribution in [1.82, 2.24) is 10.2 Å². The van der Waals surface area contributed by atoms with Crippen molar-refractivity contribution >= 4 is 39.1 Å².